The number of H-pyrrole nitrogens is 1. The predicted octanol–water partition coefficient (Wildman–Crippen LogP) is 1.42. The van der Waals surface area contributed by atoms with Crippen molar-refractivity contribution in [2.75, 3.05) is 11.5 Å². The monoisotopic (exact) mass is 426 g/mol. The number of nitrogens with one attached hydrogen (secondary N) is 2. The molecule has 2 heterocycles. The van der Waals surface area contributed by atoms with Crippen molar-refractivity contribution >= 4 is 28.6 Å². The number of nitrogens with zero attached hydrogens (tertiary/aromatic N) is 2. The molecule has 1 atom stereocenters. The Morgan fingerprint density at radius 3 is 2.66 bits per heavy atom. The van der Waals surface area contributed by atoms with Gasteiger partial charge in [0.1, 0.15) is 12.0 Å². The number of hydrogen-bond acceptors (Lipinski definition) is 6. The van der Waals surface area contributed by atoms with E-state index in [0.717, 1.165) is 33.2 Å². The van der Waals surface area contributed by atoms with Crippen molar-refractivity contribution in [3.05, 3.63) is 77.1 Å². The molecule has 8 heteroatoms. The third-order valence-corrected chi connectivity index (χ3v) is 5.42. The highest BCUT2D eigenvalue weighted by Gasteiger charge is 2.18. The van der Waals surface area contributed by atoms with Crippen LogP contribution in [0.15, 0.2) is 54.9 Å². The Morgan fingerprint density at radius 1 is 1.19 bits per heavy atom. The van der Waals surface area contributed by atoms with Crippen molar-refractivity contribution in [2.24, 2.45) is 0 Å². The second kappa shape index (κ2) is 8.89. The molecule has 0 spiro atoms. The van der Waals surface area contributed by atoms with Crippen molar-refractivity contribution in [1.82, 2.24) is 15.3 Å². The normalized spacial score (nSPS) is 11.9. The number of benzene rings is 2. The molecule has 4 rings (SSSR count). The van der Waals surface area contributed by atoms with Crippen LogP contribution in [0.3, 0.4) is 0 Å². The fraction of sp³-hybridized carbons (Fsp3) is 0.125. The van der Waals surface area contributed by atoms with Crippen molar-refractivity contribution in [3.8, 4) is 17.2 Å². The summed E-state index contributed by atoms with van der Waals surface area (Å²) in [4.78, 5) is 7.30. The lowest BCUT2D eigenvalue weighted by atomic mass is 9.97. The molecule has 0 aliphatic heterocycles. The van der Waals surface area contributed by atoms with Gasteiger partial charge in [-0.1, -0.05) is 24.3 Å². The molecule has 0 saturated carbocycles. The summed E-state index contributed by atoms with van der Waals surface area (Å²) in [6.07, 6.45) is 4.33. The van der Waals surface area contributed by atoms with Crippen LogP contribution in [0.1, 0.15) is 28.5 Å². The number of nitrogens with two attached hydrogens (primary N) is 3. The number of rotatable bonds is 7. The van der Waals surface area contributed by atoms with Gasteiger partial charge in [0, 0.05) is 29.3 Å². The molecule has 2 aromatic heterocycles. The largest absolute Gasteiger partial charge is 0.398 e. The van der Waals surface area contributed by atoms with E-state index in [1.54, 1.807) is 12.3 Å². The number of nitrogen functional groups attached to an aromatic ring is 2. The molecule has 8 nitrogen and oxygen atoms in total. The zero-order chi connectivity index (χ0) is 22.7. The van der Waals surface area contributed by atoms with Gasteiger partial charge in [-0.05, 0) is 34.9 Å². The van der Waals surface area contributed by atoms with Gasteiger partial charge >= 0.3 is 0 Å². The Morgan fingerprint density at radius 2 is 1.94 bits per heavy atom. The molecule has 9 N–H and O–H groups in total. The average Bonchev–Trinajstić information content (AvgIpc) is 3.22. The maximum Gasteiger partial charge on any atom is 0.169 e. The Balaban J connectivity index is 1.63. The summed E-state index contributed by atoms with van der Waals surface area (Å²) in [5.41, 5.74) is 18.2. The molecule has 160 valence electrons. The number of hydrogen-bond donors (Lipinski definition) is 6. The third-order valence-electron chi connectivity index (χ3n) is 5.42. The van der Waals surface area contributed by atoms with Crippen molar-refractivity contribution in [2.45, 2.75) is 19.2 Å². The van der Waals surface area contributed by atoms with E-state index < -0.39 is 6.23 Å². The predicted molar refractivity (Wildman–Crippen MR) is 125 cm³/mol. The second-order valence-electron chi connectivity index (χ2n) is 7.53. The molecular formula is C24H24N7O+. The van der Waals surface area contributed by atoms with Gasteiger partial charge in [-0.25, -0.2) is 4.98 Å². The number of aliphatic hydroxyl groups is 1. The highest BCUT2D eigenvalue weighted by molar-refractivity contribution is 5.98. The number of fused-ring (bicyclic) bond motifs is 1. The fourth-order valence-corrected chi connectivity index (χ4v) is 3.69. The summed E-state index contributed by atoms with van der Waals surface area (Å²) in [6, 6.07) is 15.3. The molecule has 1 unspecified atom stereocenters. The molecule has 2 aromatic carbocycles. The molecule has 4 aromatic rings. The molecular weight excluding hydrogens is 402 g/mol. The lowest BCUT2D eigenvalue weighted by Crippen LogP contribution is -2.31. The Kier molecular flexibility index (Phi) is 5.85. The van der Waals surface area contributed by atoms with Gasteiger partial charge in [-0.3, -0.25) is 10.7 Å². The summed E-state index contributed by atoms with van der Waals surface area (Å²) in [5, 5.41) is 29.5. The first-order chi connectivity index (χ1) is 15.5. The summed E-state index contributed by atoms with van der Waals surface area (Å²) < 4.78 is 0. The summed E-state index contributed by atoms with van der Waals surface area (Å²) in [6.45, 7) is 0.425. The molecule has 0 aliphatic carbocycles. The minimum absolute atomic E-state index is 0.369. The lowest BCUT2D eigenvalue weighted by molar-refractivity contribution is -0.104. The highest BCUT2D eigenvalue weighted by atomic mass is 16.3. The quantitative estimate of drug-likeness (QED) is 0.149. The van der Waals surface area contributed by atoms with E-state index in [1.165, 1.54) is 6.21 Å². The van der Waals surface area contributed by atoms with Gasteiger partial charge in [-0.15, -0.1) is 0 Å². The van der Waals surface area contributed by atoms with Crippen LogP contribution in [0.4, 0.5) is 11.5 Å². The Hall–Kier alpha value is -4.19. The van der Waals surface area contributed by atoms with Gasteiger partial charge in [0.15, 0.2) is 6.21 Å². The van der Waals surface area contributed by atoms with Gasteiger partial charge in [0.25, 0.3) is 0 Å². The molecule has 0 saturated heterocycles. The van der Waals surface area contributed by atoms with E-state index in [0.29, 0.717) is 35.6 Å². The summed E-state index contributed by atoms with van der Waals surface area (Å²) in [7, 11) is 0. The number of nitriles is 1. The number of pyridine rings is 1. The van der Waals surface area contributed by atoms with Crippen LogP contribution >= 0.6 is 0 Å². The number of aliphatic hydroxyl groups excluding tert-OH is 1. The van der Waals surface area contributed by atoms with E-state index in [9.17, 15) is 5.11 Å². The van der Waals surface area contributed by atoms with Crippen LogP contribution in [-0.2, 0) is 13.0 Å². The van der Waals surface area contributed by atoms with Crippen molar-refractivity contribution in [1.29, 1.82) is 5.26 Å². The van der Waals surface area contributed by atoms with Crippen molar-refractivity contribution in [3.63, 3.8) is 0 Å². The van der Waals surface area contributed by atoms with Gasteiger partial charge in [0.2, 0.25) is 0 Å². The summed E-state index contributed by atoms with van der Waals surface area (Å²) in [5.74, 6) is 0.419. The number of aromatic nitrogens is 2. The average molecular weight is 427 g/mol. The molecule has 0 amide bonds. The smallest absolute Gasteiger partial charge is 0.169 e. The lowest BCUT2D eigenvalue weighted by Gasteiger charge is -2.18. The van der Waals surface area contributed by atoms with E-state index in [-0.39, 0.29) is 0 Å². The molecule has 0 radical (unpaired) electrons. The first kappa shape index (κ1) is 21.1. The van der Waals surface area contributed by atoms with Gasteiger partial charge in [0.05, 0.1) is 35.5 Å². The number of aromatic amines is 1. The fourth-order valence-electron chi connectivity index (χ4n) is 3.69. The second-order valence-corrected chi connectivity index (χ2v) is 7.53. The topological polar surface area (TPSA) is 162 Å². The van der Waals surface area contributed by atoms with Crippen LogP contribution < -0.4 is 22.2 Å². The number of anilines is 2. The first-order valence-electron chi connectivity index (χ1n) is 10.1. The molecule has 0 bridgehead atoms. The Labute approximate surface area is 185 Å². The first-order valence-corrected chi connectivity index (χ1v) is 10.1. The maximum atomic E-state index is 10.9. The molecule has 0 fully saturated rings. The molecule has 0 aliphatic rings. The summed E-state index contributed by atoms with van der Waals surface area (Å²) >= 11 is 0. The van der Waals surface area contributed by atoms with Crippen LogP contribution in [0.5, 0.6) is 0 Å². The minimum atomic E-state index is -1.01. The SMILES string of the molecule is N#CCc1ccc(CNC(O)c2cc(-c3c[nH]c4cnc(N)cc34)cc(C=[NH2+])c2N)cc1. The van der Waals surface area contributed by atoms with E-state index in [1.807, 2.05) is 42.6 Å². The van der Waals surface area contributed by atoms with E-state index >= 15 is 0 Å². The van der Waals surface area contributed by atoms with E-state index in [2.05, 4.69) is 21.4 Å². The zero-order valence-electron chi connectivity index (χ0n) is 17.3. The van der Waals surface area contributed by atoms with Crippen LogP contribution in [-0.4, -0.2) is 21.3 Å². The van der Waals surface area contributed by atoms with Gasteiger partial charge in [-0.2, -0.15) is 5.26 Å². The Bertz CT molecular complexity index is 1320. The minimum Gasteiger partial charge on any atom is -0.398 e. The van der Waals surface area contributed by atoms with Crippen LogP contribution in [0, 0.1) is 11.3 Å². The molecule has 32 heavy (non-hydrogen) atoms. The van der Waals surface area contributed by atoms with Crippen LogP contribution in [0.2, 0.25) is 0 Å². The third kappa shape index (κ3) is 4.16. The standard InChI is InChI=1S/C24H23N7O/c25-6-5-14-1-3-15(4-2-14)11-31-24(32)19-8-16(7-17(10-26)23(19)28)20-12-29-21-13-30-22(27)9-18(20)21/h1-4,7-10,12-13,24,26,29,31-32H,5,11,28H2,(H2,27,30)/p+1. The zero-order valence-corrected chi connectivity index (χ0v) is 17.3. The van der Waals surface area contributed by atoms with Crippen molar-refractivity contribution < 1.29 is 10.5 Å². The highest BCUT2D eigenvalue weighted by Crippen LogP contribution is 2.34. The van der Waals surface area contributed by atoms with E-state index in [4.69, 9.17) is 22.1 Å². The van der Waals surface area contributed by atoms with Crippen LogP contribution in [0.25, 0.3) is 22.0 Å². The van der Waals surface area contributed by atoms with Gasteiger partial charge < -0.3 is 21.6 Å². The maximum absolute atomic E-state index is 10.9.